The number of aliphatic hydroxyl groups is 6. The van der Waals surface area contributed by atoms with Crippen molar-refractivity contribution in [2.45, 2.75) is 76.2 Å². The van der Waals surface area contributed by atoms with E-state index in [0.29, 0.717) is 25.7 Å². The monoisotopic (exact) mass is 354 g/mol. The summed E-state index contributed by atoms with van der Waals surface area (Å²) in [5, 5.41) is 56.7. The third-order valence-corrected chi connectivity index (χ3v) is 3.78. The molecule has 0 aromatic carbocycles. The van der Waals surface area contributed by atoms with Gasteiger partial charge < -0.3 is 40.1 Å². The van der Waals surface area contributed by atoms with Crippen LogP contribution < -0.4 is 0 Å². The van der Waals surface area contributed by atoms with Crippen LogP contribution in [0, 0.1) is 0 Å². The van der Waals surface area contributed by atoms with Gasteiger partial charge in [-0.25, -0.2) is 0 Å². The van der Waals surface area contributed by atoms with Gasteiger partial charge in [0.15, 0.2) is 5.79 Å². The van der Waals surface area contributed by atoms with Crippen molar-refractivity contribution in [3.63, 3.8) is 0 Å². The number of ether oxygens (including phenoxy) is 2. The van der Waals surface area contributed by atoms with Crippen molar-refractivity contribution in [3.05, 3.63) is 0 Å². The molecule has 0 aliphatic heterocycles. The summed E-state index contributed by atoms with van der Waals surface area (Å²) in [7, 11) is 0. The molecule has 0 bridgehead atoms. The molecule has 0 saturated carbocycles. The largest absolute Gasteiger partial charge is 0.394 e. The molecular formula is C16H34O8. The minimum atomic E-state index is -2.16. The van der Waals surface area contributed by atoms with Gasteiger partial charge in [-0.2, -0.15) is 0 Å². The van der Waals surface area contributed by atoms with Gasteiger partial charge in [0.25, 0.3) is 0 Å². The molecule has 8 nitrogen and oxygen atoms in total. The van der Waals surface area contributed by atoms with E-state index in [9.17, 15) is 15.3 Å². The third-order valence-electron chi connectivity index (χ3n) is 3.78. The van der Waals surface area contributed by atoms with E-state index in [1.807, 2.05) is 0 Å². The van der Waals surface area contributed by atoms with Crippen molar-refractivity contribution in [1.82, 2.24) is 0 Å². The highest BCUT2D eigenvalue weighted by Crippen LogP contribution is 2.20. The Morgan fingerprint density at radius 2 is 1.62 bits per heavy atom. The van der Waals surface area contributed by atoms with Crippen LogP contribution in [-0.4, -0.2) is 87.3 Å². The minimum Gasteiger partial charge on any atom is -0.394 e. The predicted octanol–water partition coefficient (Wildman–Crippen LogP) is -0.866. The van der Waals surface area contributed by atoms with Crippen LogP contribution in [0.3, 0.4) is 0 Å². The molecule has 0 radical (unpaired) electrons. The van der Waals surface area contributed by atoms with Crippen LogP contribution in [0.1, 0.15) is 46.0 Å². The standard InChI is InChI=1S/C16H34O8/c1-12(19)11-24-13(2)14(20)6-4-3-5-7-16(21,22)15(10-18)23-9-8-17/h12-15,17-22H,3-11H2,1-2H3. The molecule has 0 amide bonds. The lowest BCUT2D eigenvalue weighted by Gasteiger charge is -2.30. The number of hydrogen-bond acceptors (Lipinski definition) is 8. The van der Waals surface area contributed by atoms with E-state index in [1.54, 1.807) is 13.8 Å². The summed E-state index contributed by atoms with van der Waals surface area (Å²) in [5.74, 6) is -2.16. The van der Waals surface area contributed by atoms with Crippen LogP contribution in [0.4, 0.5) is 0 Å². The van der Waals surface area contributed by atoms with Crippen LogP contribution in [0.15, 0.2) is 0 Å². The molecule has 0 rings (SSSR count). The van der Waals surface area contributed by atoms with Gasteiger partial charge in [0.2, 0.25) is 0 Å². The first-order chi connectivity index (χ1) is 11.2. The summed E-state index contributed by atoms with van der Waals surface area (Å²) in [6.07, 6.45) is -0.388. The Bertz CT molecular complexity index is 298. The second kappa shape index (κ2) is 13.0. The van der Waals surface area contributed by atoms with Gasteiger partial charge in [-0.3, -0.25) is 0 Å². The van der Waals surface area contributed by atoms with Crippen LogP contribution in [0.2, 0.25) is 0 Å². The van der Waals surface area contributed by atoms with Crippen molar-refractivity contribution in [2.75, 3.05) is 26.4 Å². The highest BCUT2D eigenvalue weighted by atomic mass is 16.6. The van der Waals surface area contributed by atoms with Crippen LogP contribution >= 0.6 is 0 Å². The summed E-state index contributed by atoms with van der Waals surface area (Å²) in [5.41, 5.74) is 0. The molecule has 146 valence electrons. The molecule has 0 saturated heterocycles. The fraction of sp³-hybridized carbons (Fsp3) is 1.00. The average Bonchev–Trinajstić information content (AvgIpc) is 2.52. The normalized spacial score (nSPS) is 17.5. The second-order valence-corrected chi connectivity index (χ2v) is 6.20. The van der Waals surface area contributed by atoms with Gasteiger partial charge in [0, 0.05) is 6.42 Å². The Morgan fingerprint density at radius 3 is 2.17 bits per heavy atom. The topological polar surface area (TPSA) is 140 Å². The third kappa shape index (κ3) is 10.5. The average molecular weight is 354 g/mol. The van der Waals surface area contributed by atoms with E-state index >= 15 is 0 Å². The molecule has 24 heavy (non-hydrogen) atoms. The van der Waals surface area contributed by atoms with Gasteiger partial charge >= 0.3 is 0 Å². The zero-order valence-corrected chi connectivity index (χ0v) is 14.7. The Balaban J connectivity index is 3.94. The maximum absolute atomic E-state index is 9.93. The highest BCUT2D eigenvalue weighted by molar-refractivity contribution is 4.76. The predicted molar refractivity (Wildman–Crippen MR) is 87.3 cm³/mol. The van der Waals surface area contributed by atoms with Gasteiger partial charge in [-0.15, -0.1) is 0 Å². The molecule has 4 unspecified atom stereocenters. The molecule has 0 aliphatic rings. The van der Waals surface area contributed by atoms with Gasteiger partial charge in [0.05, 0.1) is 44.7 Å². The van der Waals surface area contributed by atoms with E-state index in [2.05, 4.69) is 0 Å². The lowest BCUT2D eigenvalue weighted by atomic mass is 10.00. The Kier molecular flexibility index (Phi) is 12.8. The van der Waals surface area contributed by atoms with Crippen molar-refractivity contribution >= 4 is 0 Å². The van der Waals surface area contributed by atoms with E-state index in [0.717, 1.165) is 0 Å². The maximum atomic E-state index is 9.93. The fourth-order valence-corrected chi connectivity index (χ4v) is 2.24. The lowest BCUT2D eigenvalue weighted by Crippen LogP contribution is -2.46. The van der Waals surface area contributed by atoms with Crippen LogP contribution in [0.25, 0.3) is 0 Å². The molecule has 8 heteroatoms. The van der Waals surface area contributed by atoms with E-state index in [-0.39, 0.29) is 32.3 Å². The molecule has 4 atom stereocenters. The molecule has 0 fully saturated rings. The molecule has 0 aromatic heterocycles. The first-order valence-corrected chi connectivity index (χ1v) is 8.50. The summed E-state index contributed by atoms with van der Waals surface area (Å²) in [6.45, 7) is 2.63. The van der Waals surface area contributed by atoms with Crippen molar-refractivity contribution in [1.29, 1.82) is 0 Å². The smallest absolute Gasteiger partial charge is 0.191 e. The Labute approximate surface area is 143 Å². The van der Waals surface area contributed by atoms with E-state index < -0.39 is 30.7 Å². The van der Waals surface area contributed by atoms with Crippen LogP contribution in [-0.2, 0) is 9.47 Å². The molecule has 6 N–H and O–H groups in total. The highest BCUT2D eigenvalue weighted by Gasteiger charge is 2.34. The molecule has 0 heterocycles. The van der Waals surface area contributed by atoms with Crippen LogP contribution in [0.5, 0.6) is 0 Å². The summed E-state index contributed by atoms with van der Waals surface area (Å²) in [4.78, 5) is 0. The maximum Gasteiger partial charge on any atom is 0.191 e. The Morgan fingerprint density at radius 1 is 0.958 bits per heavy atom. The summed E-state index contributed by atoms with van der Waals surface area (Å²) < 4.78 is 10.3. The van der Waals surface area contributed by atoms with Crippen molar-refractivity contribution < 1.29 is 40.1 Å². The number of hydrogen-bond donors (Lipinski definition) is 6. The molecular weight excluding hydrogens is 320 g/mol. The molecule has 0 aromatic rings. The number of aliphatic hydroxyl groups excluding tert-OH is 4. The summed E-state index contributed by atoms with van der Waals surface area (Å²) in [6, 6.07) is 0. The minimum absolute atomic E-state index is 0.0217. The lowest BCUT2D eigenvalue weighted by molar-refractivity contribution is -0.251. The Hall–Kier alpha value is -0.320. The van der Waals surface area contributed by atoms with Crippen molar-refractivity contribution in [2.24, 2.45) is 0 Å². The first kappa shape index (κ1) is 23.7. The molecule has 0 spiro atoms. The zero-order valence-electron chi connectivity index (χ0n) is 14.7. The summed E-state index contributed by atoms with van der Waals surface area (Å²) >= 11 is 0. The quantitative estimate of drug-likeness (QED) is 0.165. The van der Waals surface area contributed by atoms with E-state index in [1.165, 1.54) is 0 Å². The zero-order chi connectivity index (χ0) is 18.6. The molecule has 0 aliphatic carbocycles. The first-order valence-electron chi connectivity index (χ1n) is 8.50. The fourth-order valence-electron chi connectivity index (χ4n) is 2.24. The SMILES string of the molecule is CC(O)COC(C)C(O)CCCCCC(O)(O)C(CO)OCCO. The van der Waals surface area contributed by atoms with E-state index in [4.69, 9.17) is 24.8 Å². The van der Waals surface area contributed by atoms with Gasteiger partial charge in [-0.1, -0.05) is 12.8 Å². The number of unbranched alkanes of at least 4 members (excludes halogenated alkanes) is 2. The number of rotatable bonds is 15. The van der Waals surface area contributed by atoms with Gasteiger partial charge in [0.1, 0.15) is 6.10 Å². The second-order valence-electron chi connectivity index (χ2n) is 6.20. The van der Waals surface area contributed by atoms with Gasteiger partial charge in [-0.05, 0) is 26.7 Å². The van der Waals surface area contributed by atoms with Crippen molar-refractivity contribution in [3.8, 4) is 0 Å².